The summed E-state index contributed by atoms with van der Waals surface area (Å²) in [5.74, 6) is -0.0120. The number of nitrogens with zero attached hydrogens (tertiary/aromatic N) is 3. The Morgan fingerprint density at radius 2 is 2.04 bits per heavy atom. The van der Waals surface area contributed by atoms with Gasteiger partial charge in [0, 0.05) is 30.5 Å². The van der Waals surface area contributed by atoms with E-state index in [1.165, 1.54) is 0 Å². The average molecular weight is 358 g/mol. The molecule has 1 fully saturated rings. The van der Waals surface area contributed by atoms with Gasteiger partial charge in [-0.1, -0.05) is 0 Å². The normalized spacial score (nSPS) is 15.9. The highest BCUT2D eigenvalue weighted by atomic mass is 35.5. The van der Waals surface area contributed by atoms with E-state index in [-0.39, 0.29) is 30.7 Å². The number of piperidine rings is 1. The van der Waals surface area contributed by atoms with Gasteiger partial charge in [0.05, 0.1) is 0 Å². The van der Waals surface area contributed by atoms with Crippen molar-refractivity contribution >= 4 is 36.4 Å². The van der Waals surface area contributed by atoms with Crippen molar-refractivity contribution in [3.05, 3.63) is 42.5 Å². The topological polar surface area (TPSA) is 71.8 Å². The summed E-state index contributed by atoms with van der Waals surface area (Å²) >= 11 is 0. The van der Waals surface area contributed by atoms with E-state index < -0.39 is 5.54 Å². The number of hydrogen-bond acceptors (Lipinski definition) is 4. The molecule has 23 heavy (non-hydrogen) atoms. The zero-order valence-corrected chi connectivity index (χ0v) is 14.5. The Labute approximate surface area is 147 Å². The molecule has 0 radical (unpaired) electrons. The van der Waals surface area contributed by atoms with Crippen molar-refractivity contribution in [1.29, 1.82) is 0 Å². The first-order valence-electron chi connectivity index (χ1n) is 7.15. The largest absolute Gasteiger partial charge is 0.324 e. The van der Waals surface area contributed by atoms with Crippen LogP contribution in [0.1, 0.15) is 18.4 Å². The van der Waals surface area contributed by atoms with E-state index in [2.05, 4.69) is 20.7 Å². The van der Waals surface area contributed by atoms with Gasteiger partial charge < -0.3 is 10.6 Å². The Hall–Kier alpha value is -1.63. The lowest BCUT2D eigenvalue weighted by Crippen LogP contribution is -2.52. The third-order valence-corrected chi connectivity index (χ3v) is 4.06. The van der Waals surface area contributed by atoms with E-state index in [4.69, 9.17) is 0 Å². The van der Waals surface area contributed by atoms with Crippen LogP contribution in [-0.4, -0.2) is 33.8 Å². The number of pyridine rings is 1. The molecule has 1 aliphatic rings. The second kappa shape index (κ2) is 8.29. The molecule has 1 amide bonds. The van der Waals surface area contributed by atoms with Crippen LogP contribution >= 0.6 is 24.8 Å². The van der Waals surface area contributed by atoms with Gasteiger partial charge in [-0.3, -0.25) is 14.5 Å². The van der Waals surface area contributed by atoms with Crippen LogP contribution in [0.25, 0.3) is 0 Å². The van der Waals surface area contributed by atoms with Crippen LogP contribution in [-0.2, 0) is 10.3 Å². The molecule has 126 valence electrons. The highest BCUT2D eigenvalue weighted by Gasteiger charge is 2.42. The lowest BCUT2D eigenvalue weighted by Gasteiger charge is -2.36. The molecule has 0 unspecified atom stereocenters. The Morgan fingerprint density at radius 3 is 2.65 bits per heavy atom. The van der Waals surface area contributed by atoms with E-state index in [1.807, 2.05) is 25.3 Å². The van der Waals surface area contributed by atoms with Crippen LogP contribution in [0.2, 0.25) is 0 Å². The minimum absolute atomic E-state index is 0. The summed E-state index contributed by atoms with van der Waals surface area (Å²) in [6, 6.07) is 3.68. The van der Waals surface area contributed by atoms with Gasteiger partial charge in [-0.15, -0.1) is 24.8 Å². The number of anilines is 1. The number of amides is 1. The SMILES string of the molecule is Cc1cnccc1NC(=O)C1(n2cccn2)CCNCC1.Cl.Cl. The summed E-state index contributed by atoms with van der Waals surface area (Å²) in [5, 5.41) is 10.7. The molecular weight excluding hydrogens is 337 g/mol. The molecule has 0 spiro atoms. The minimum atomic E-state index is -0.621. The Kier molecular flexibility index (Phi) is 7.00. The van der Waals surface area contributed by atoms with Gasteiger partial charge in [-0.2, -0.15) is 5.10 Å². The van der Waals surface area contributed by atoms with E-state index in [1.54, 1.807) is 23.3 Å². The number of rotatable bonds is 3. The predicted molar refractivity (Wildman–Crippen MR) is 94.4 cm³/mol. The molecule has 1 aliphatic heterocycles. The predicted octanol–water partition coefficient (Wildman–Crippen LogP) is 2.15. The number of halogens is 2. The highest BCUT2D eigenvalue weighted by molar-refractivity contribution is 5.97. The number of hydrogen-bond donors (Lipinski definition) is 2. The molecule has 0 saturated carbocycles. The van der Waals surface area contributed by atoms with E-state index in [9.17, 15) is 4.79 Å². The summed E-state index contributed by atoms with van der Waals surface area (Å²) in [6.07, 6.45) is 8.47. The van der Waals surface area contributed by atoms with Crippen molar-refractivity contribution in [2.45, 2.75) is 25.3 Å². The molecule has 2 N–H and O–H groups in total. The standard InChI is InChI=1S/C15H19N5O.2ClH/c1-12-11-17-7-3-13(12)19-14(21)15(4-8-16-9-5-15)20-10-2-6-18-20;;/h2-3,6-7,10-11,16H,4-5,8-9H2,1H3,(H,17,19,21);2*1H. The molecule has 0 aromatic carbocycles. The average Bonchev–Trinajstić information content (AvgIpc) is 3.05. The summed E-state index contributed by atoms with van der Waals surface area (Å²) in [7, 11) is 0. The van der Waals surface area contributed by atoms with Crippen LogP contribution in [0.4, 0.5) is 5.69 Å². The first-order valence-corrected chi connectivity index (χ1v) is 7.15. The van der Waals surface area contributed by atoms with Crippen molar-refractivity contribution in [1.82, 2.24) is 20.1 Å². The first-order chi connectivity index (χ1) is 10.2. The van der Waals surface area contributed by atoms with Crippen LogP contribution < -0.4 is 10.6 Å². The zero-order valence-electron chi connectivity index (χ0n) is 12.9. The molecule has 3 rings (SSSR count). The first kappa shape index (κ1) is 19.4. The fourth-order valence-electron chi connectivity index (χ4n) is 2.77. The molecule has 1 saturated heterocycles. The number of nitrogens with one attached hydrogen (secondary N) is 2. The maximum atomic E-state index is 12.9. The molecular formula is C15H21Cl2N5O. The minimum Gasteiger partial charge on any atom is -0.324 e. The Morgan fingerprint density at radius 1 is 1.30 bits per heavy atom. The summed E-state index contributed by atoms with van der Waals surface area (Å²) in [6.45, 7) is 3.55. The molecule has 2 aromatic rings. The Bertz CT molecular complexity index is 627. The number of carbonyl (C=O) groups is 1. The van der Waals surface area contributed by atoms with Crippen LogP contribution in [0.3, 0.4) is 0 Å². The van der Waals surface area contributed by atoms with Crippen molar-refractivity contribution in [3.63, 3.8) is 0 Å². The van der Waals surface area contributed by atoms with Gasteiger partial charge in [0.25, 0.3) is 5.91 Å². The highest BCUT2D eigenvalue weighted by Crippen LogP contribution is 2.29. The van der Waals surface area contributed by atoms with Crippen molar-refractivity contribution in [3.8, 4) is 0 Å². The monoisotopic (exact) mass is 357 g/mol. The molecule has 8 heteroatoms. The zero-order chi connectivity index (χ0) is 14.7. The smallest absolute Gasteiger partial charge is 0.252 e. The van der Waals surface area contributed by atoms with Gasteiger partial charge in [-0.05, 0) is 50.6 Å². The van der Waals surface area contributed by atoms with Gasteiger partial charge in [0.1, 0.15) is 5.54 Å². The molecule has 0 aliphatic carbocycles. The lowest BCUT2D eigenvalue weighted by atomic mass is 9.87. The molecule has 0 bridgehead atoms. The fraction of sp³-hybridized carbons (Fsp3) is 0.400. The second-order valence-electron chi connectivity index (χ2n) is 5.38. The summed E-state index contributed by atoms with van der Waals surface area (Å²) in [4.78, 5) is 17.0. The summed E-state index contributed by atoms with van der Waals surface area (Å²) < 4.78 is 1.79. The maximum absolute atomic E-state index is 12.9. The summed E-state index contributed by atoms with van der Waals surface area (Å²) in [5.41, 5.74) is 1.14. The maximum Gasteiger partial charge on any atom is 0.252 e. The van der Waals surface area contributed by atoms with Crippen LogP contribution in [0.5, 0.6) is 0 Å². The van der Waals surface area contributed by atoms with Gasteiger partial charge in [-0.25, -0.2) is 0 Å². The van der Waals surface area contributed by atoms with Crippen LogP contribution in [0.15, 0.2) is 36.9 Å². The molecule has 0 atom stereocenters. The van der Waals surface area contributed by atoms with Crippen molar-refractivity contribution in [2.24, 2.45) is 0 Å². The van der Waals surface area contributed by atoms with Gasteiger partial charge in [0.2, 0.25) is 0 Å². The quantitative estimate of drug-likeness (QED) is 0.882. The van der Waals surface area contributed by atoms with E-state index >= 15 is 0 Å². The molecule has 2 aromatic heterocycles. The van der Waals surface area contributed by atoms with Crippen molar-refractivity contribution in [2.75, 3.05) is 18.4 Å². The second-order valence-corrected chi connectivity index (χ2v) is 5.38. The molecule has 6 nitrogen and oxygen atoms in total. The van der Waals surface area contributed by atoms with Gasteiger partial charge >= 0.3 is 0 Å². The fourth-order valence-corrected chi connectivity index (χ4v) is 2.77. The number of aromatic nitrogens is 3. The van der Waals surface area contributed by atoms with Crippen molar-refractivity contribution < 1.29 is 4.79 Å². The van der Waals surface area contributed by atoms with E-state index in [0.29, 0.717) is 0 Å². The number of carbonyl (C=O) groups excluding carboxylic acids is 1. The Balaban J connectivity index is 0.00000132. The molecule has 3 heterocycles. The van der Waals surface area contributed by atoms with E-state index in [0.717, 1.165) is 37.2 Å². The lowest BCUT2D eigenvalue weighted by molar-refractivity contribution is -0.126. The van der Waals surface area contributed by atoms with Crippen LogP contribution in [0, 0.1) is 6.92 Å². The third-order valence-electron chi connectivity index (χ3n) is 4.06. The number of aryl methyl sites for hydroxylation is 1. The van der Waals surface area contributed by atoms with Gasteiger partial charge in [0.15, 0.2) is 0 Å². The third kappa shape index (κ3) is 3.83.